The number of aliphatic carboxylic acids is 2. The van der Waals surface area contributed by atoms with Crippen LogP contribution in [0.4, 0.5) is 18.4 Å². The zero-order valence-corrected chi connectivity index (χ0v) is 39.3. The quantitative estimate of drug-likeness (QED) is 0.0380. The van der Waals surface area contributed by atoms with Crippen molar-refractivity contribution in [3.8, 4) is 0 Å². The fourth-order valence-electron chi connectivity index (χ4n) is 5.12. The largest absolute Gasteiger partial charge is 0.481 e. The van der Waals surface area contributed by atoms with Gasteiger partial charge in [-0.3, -0.25) is 32.1 Å². The number of halogens is 2. The number of amides is 2. The summed E-state index contributed by atoms with van der Waals surface area (Å²) < 4.78 is 79.5. The molecule has 22 nitrogen and oxygen atoms in total. The maximum absolute atomic E-state index is 12.3. The third kappa shape index (κ3) is 33.6. The Balaban J connectivity index is -0.000000915. The molecule has 64 heavy (non-hydrogen) atoms. The van der Waals surface area contributed by atoms with Gasteiger partial charge in [0.05, 0.1) is 72.4 Å². The molecule has 0 unspecified atom stereocenters. The van der Waals surface area contributed by atoms with Crippen LogP contribution in [0.5, 0.6) is 0 Å². The van der Waals surface area contributed by atoms with Crippen LogP contribution in [0.2, 0.25) is 0 Å². The molecule has 6 atom stereocenters. The van der Waals surface area contributed by atoms with Crippen LogP contribution >= 0.6 is 0 Å². The topological polar surface area (TPSA) is 326 Å². The Labute approximate surface area is 373 Å². The second kappa shape index (κ2) is 32.7. The molecule has 0 aromatic carbocycles. The number of alkyl halides is 2. The van der Waals surface area contributed by atoms with Crippen molar-refractivity contribution in [1.29, 1.82) is 0 Å². The fourth-order valence-corrected chi connectivity index (χ4v) is 5.54. The first-order valence-corrected chi connectivity index (χ1v) is 21.7. The van der Waals surface area contributed by atoms with E-state index in [1.807, 2.05) is 0 Å². The molecular weight excluding hydrogens is 882 g/mol. The van der Waals surface area contributed by atoms with E-state index in [-0.39, 0.29) is 64.4 Å². The summed E-state index contributed by atoms with van der Waals surface area (Å²) in [6.45, 7) is 8.72. The van der Waals surface area contributed by atoms with Gasteiger partial charge in [-0.2, -0.15) is 8.42 Å². The maximum Gasteiger partial charge on any atom is 0.408 e. The molecule has 0 saturated heterocycles. The van der Waals surface area contributed by atoms with Crippen molar-refractivity contribution in [3.63, 3.8) is 0 Å². The highest BCUT2D eigenvalue weighted by molar-refractivity contribution is 7.85. The standard InChI is InChI=1S/C16H29NO9S.C15H26FNO6.C8H14FNO4/c1-16(2,3)26-15(20)17-12(14(19)24-5)10-11(13(18)23-4)8-7-9-25-27(6,21)22;1-15(2,3)23-14(20)17-11(13(19)22-5)9-10(7-6-8-16)12(18)21-4;9-3-1-2-5(7(11)12)4-6(10)8(13)14/h11-12H,7-10H2,1-6H3,(H,17,20);10-11H,6-9H2,1-5H3,(H,17,20);5-6H,1-4,10H2,(H,11,12)(H,13,14)/t11-,12-;10-,11-;5-,6-/m000/s1/i;16-1;9-1. The predicted molar refractivity (Wildman–Crippen MR) is 222 cm³/mol. The van der Waals surface area contributed by atoms with Crippen molar-refractivity contribution in [2.75, 3.05) is 54.7 Å². The Kier molecular flexibility index (Phi) is 32.4. The Morgan fingerprint density at radius 3 is 1.20 bits per heavy atom. The maximum atomic E-state index is 12.3. The number of ether oxygens (including phenoxy) is 6. The Morgan fingerprint density at radius 2 is 0.922 bits per heavy atom. The van der Waals surface area contributed by atoms with Crippen molar-refractivity contribution in [1.82, 2.24) is 10.6 Å². The molecule has 0 heterocycles. The third-order valence-corrected chi connectivity index (χ3v) is 8.63. The SMILES string of the molecule is COC(=O)[C@@H](CCCOS(C)(=O)=O)C[C@H](NC(=O)OC(C)(C)C)C(=O)OC.COC(=O)[C@@H](CCC[18F])C[C@H](NC(=O)OC(C)(C)C)C(=O)OC.N[C@@H](C[C@H](CCC[18F])C(=O)O)C(=O)O. The van der Waals surface area contributed by atoms with E-state index in [1.165, 1.54) is 21.3 Å². The van der Waals surface area contributed by atoms with E-state index in [9.17, 15) is 55.6 Å². The van der Waals surface area contributed by atoms with E-state index in [4.69, 9.17) is 30.2 Å². The van der Waals surface area contributed by atoms with Crippen LogP contribution in [0.15, 0.2) is 0 Å². The van der Waals surface area contributed by atoms with E-state index in [0.717, 1.165) is 13.4 Å². The first-order valence-electron chi connectivity index (χ1n) is 19.9. The number of methoxy groups -OCH3 is 4. The molecule has 2 amide bonds. The highest BCUT2D eigenvalue weighted by Gasteiger charge is 2.33. The zero-order chi connectivity index (χ0) is 50.4. The average molecular weight is 952 g/mol. The van der Waals surface area contributed by atoms with Crippen molar-refractivity contribution in [2.45, 2.75) is 129 Å². The molecule has 0 fully saturated rings. The number of nitrogens with one attached hydrogen (secondary N) is 2. The molecular formula is C39H69F2N3O19S. The average Bonchev–Trinajstić information content (AvgIpc) is 3.18. The summed E-state index contributed by atoms with van der Waals surface area (Å²) in [6.07, 6.45) is -0.0328. The fraction of sp³-hybridized carbons (Fsp3) is 0.795. The molecule has 0 radical (unpaired) electrons. The lowest BCUT2D eigenvalue weighted by atomic mass is 9.95. The van der Waals surface area contributed by atoms with Crippen LogP contribution in [0, 0.1) is 17.8 Å². The number of carboxylic acid groups (broad SMARTS) is 2. The molecule has 0 aromatic rings. The highest BCUT2D eigenvalue weighted by atomic mass is 32.2. The number of alkyl carbamates (subject to hydrolysis) is 2. The van der Waals surface area contributed by atoms with Gasteiger partial charge in [0.15, 0.2) is 0 Å². The van der Waals surface area contributed by atoms with Gasteiger partial charge in [0.25, 0.3) is 10.1 Å². The lowest BCUT2D eigenvalue weighted by molar-refractivity contribution is -0.150. The number of nitrogens with two attached hydrogens (primary N) is 1. The molecule has 0 aliphatic rings. The molecule has 0 bridgehead atoms. The van der Waals surface area contributed by atoms with Crippen LogP contribution in [0.1, 0.15) is 99.3 Å². The Bertz CT molecular complexity index is 1570. The van der Waals surface area contributed by atoms with Gasteiger partial charge >= 0.3 is 48.0 Å². The first kappa shape index (κ1) is 63.4. The molecule has 0 rings (SSSR count). The summed E-state index contributed by atoms with van der Waals surface area (Å²) in [5, 5.41) is 21.9. The second-order valence-corrected chi connectivity index (χ2v) is 17.5. The third-order valence-electron chi connectivity index (χ3n) is 8.03. The molecule has 6 N–H and O–H groups in total. The van der Waals surface area contributed by atoms with Crippen LogP contribution in [-0.2, 0) is 71.5 Å². The summed E-state index contributed by atoms with van der Waals surface area (Å²) in [4.78, 5) is 92.2. The minimum absolute atomic E-state index is 0.0570. The number of esters is 4. The number of rotatable bonds is 25. The molecule has 0 aliphatic heterocycles. The Morgan fingerprint density at radius 1 is 0.578 bits per heavy atom. The van der Waals surface area contributed by atoms with Gasteiger partial charge in [-0.15, -0.1) is 0 Å². The number of hydrogen-bond acceptors (Lipinski definition) is 18. The van der Waals surface area contributed by atoms with Gasteiger partial charge in [-0.05, 0) is 99.3 Å². The van der Waals surface area contributed by atoms with Gasteiger partial charge in [0, 0.05) is 0 Å². The van der Waals surface area contributed by atoms with Crippen LogP contribution in [0.25, 0.3) is 0 Å². The van der Waals surface area contributed by atoms with Crippen LogP contribution in [-0.4, -0.2) is 151 Å². The van der Waals surface area contributed by atoms with Crippen molar-refractivity contribution >= 4 is 58.1 Å². The van der Waals surface area contributed by atoms with E-state index < -0.39 is 119 Å². The molecule has 25 heteroatoms. The molecule has 0 saturated carbocycles. The lowest BCUT2D eigenvalue weighted by Gasteiger charge is -2.24. The Hall–Kier alpha value is -4.91. The summed E-state index contributed by atoms with van der Waals surface area (Å²) >= 11 is 0. The summed E-state index contributed by atoms with van der Waals surface area (Å²) in [7, 11) is 1.13. The van der Waals surface area contributed by atoms with E-state index >= 15 is 0 Å². The van der Waals surface area contributed by atoms with Crippen LogP contribution < -0.4 is 16.4 Å². The molecule has 0 aliphatic carbocycles. The van der Waals surface area contributed by atoms with Gasteiger partial charge in [-0.1, -0.05) is 0 Å². The van der Waals surface area contributed by atoms with E-state index in [0.29, 0.717) is 0 Å². The lowest BCUT2D eigenvalue weighted by Crippen LogP contribution is -2.45. The normalized spacial score (nSPS) is 14.0. The summed E-state index contributed by atoms with van der Waals surface area (Å²) in [5.41, 5.74) is 3.67. The number of carbonyl (C=O) groups is 8. The predicted octanol–water partition coefficient (Wildman–Crippen LogP) is 3.21. The summed E-state index contributed by atoms with van der Waals surface area (Å²) in [5.74, 6) is -7.39. The number of carbonyl (C=O) groups excluding carboxylic acids is 6. The minimum atomic E-state index is -3.59. The van der Waals surface area contributed by atoms with Gasteiger partial charge < -0.3 is 55.0 Å². The van der Waals surface area contributed by atoms with E-state index in [2.05, 4.69) is 29.0 Å². The molecule has 0 aromatic heterocycles. The first-order chi connectivity index (χ1) is 29.4. The van der Waals surface area contributed by atoms with Crippen molar-refractivity contribution in [2.24, 2.45) is 23.5 Å². The highest BCUT2D eigenvalue weighted by Crippen LogP contribution is 2.20. The molecule has 0 spiro atoms. The second-order valence-electron chi connectivity index (χ2n) is 15.9. The number of carboxylic acids is 2. The van der Waals surface area contributed by atoms with E-state index in [1.54, 1.807) is 41.5 Å². The summed E-state index contributed by atoms with van der Waals surface area (Å²) in [6, 6.07) is -3.42. The number of hydrogen-bond donors (Lipinski definition) is 5. The smallest absolute Gasteiger partial charge is 0.408 e. The van der Waals surface area contributed by atoms with Gasteiger partial charge in [-0.25, -0.2) is 19.2 Å². The van der Waals surface area contributed by atoms with Gasteiger partial charge in [0.2, 0.25) is 0 Å². The zero-order valence-electron chi connectivity index (χ0n) is 38.5. The monoisotopic (exact) mass is 951 g/mol. The van der Waals surface area contributed by atoms with Crippen LogP contribution in [0.3, 0.4) is 0 Å². The molecule has 374 valence electrons. The minimum Gasteiger partial charge on any atom is -0.481 e. The van der Waals surface area contributed by atoms with Crippen molar-refractivity contribution in [3.05, 3.63) is 0 Å². The van der Waals surface area contributed by atoms with Gasteiger partial charge in [0.1, 0.15) is 29.3 Å². The van der Waals surface area contributed by atoms with Crippen molar-refractivity contribution < 1.29 is 98.4 Å².